The number of aromatic nitrogens is 2. The highest BCUT2D eigenvalue weighted by Crippen LogP contribution is 2.29. The van der Waals surface area contributed by atoms with Crippen LogP contribution in [0.4, 0.5) is 5.69 Å². The van der Waals surface area contributed by atoms with Gasteiger partial charge in [-0.15, -0.1) is 11.6 Å². The number of halogens is 1. The lowest BCUT2D eigenvalue weighted by molar-refractivity contribution is -0.386. The first-order valence-corrected chi connectivity index (χ1v) is 6.55. The van der Waals surface area contributed by atoms with E-state index in [0.717, 1.165) is 0 Å². The standard InChI is InChI=1S/C12H20ClN3O2/c1-7(2)10(13)6-11-12(16(17)18)9(5)14-15(11)8(3)4/h7-8,10H,6H2,1-5H3. The SMILES string of the molecule is Cc1nn(C(C)C)c(CC(Cl)C(C)C)c1[N+](=O)[O-]. The Morgan fingerprint density at radius 1 is 1.39 bits per heavy atom. The van der Waals surface area contributed by atoms with Crippen LogP contribution >= 0.6 is 11.6 Å². The van der Waals surface area contributed by atoms with Gasteiger partial charge in [0.1, 0.15) is 11.4 Å². The molecule has 0 bridgehead atoms. The summed E-state index contributed by atoms with van der Waals surface area (Å²) in [6.45, 7) is 9.59. The fourth-order valence-electron chi connectivity index (χ4n) is 1.86. The maximum Gasteiger partial charge on any atom is 0.313 e. The molecule has 0 saturated carbocycles. The Morgan fingerprint density at radius 2 is 1.94 bits per heavy atom. The van der Waals surface area contributed by atoms with Gasteiger partial charge in [0.05, 0.1) is 4.92 Å². The molecule has 18 heavy (non-hydrogen) atoms. The topological polar surface area (TPSA) is 61.0 Å². The Bertz CT molecular complexity index is 441. The second kappa shape index (κ2) is 5.69. The molecule has 0 aliphatic heterocycles. The molecule has 0 aliphatic rings. The molecule has 1 heterocycles. The van der Waals surface area contributed by atoms with Crippen molar-refractivity contribution in [1.82, 2.24) is 9.78 Å². The summed E-state index contributed by atoms with van der Waals surface area (Å²) in [6, 6.07) is 0.0865. The predicted octanol–water partition coefficient (Wildman–Crippen LogP) is 3.49. The number of alkyl halides is 1. The van der Waals surface area contributed by atoms with Crippen LogP contribution in [0.2, 0.25) is 0 Å². The number of rotatable bonds is 5. The zero-order chi connectivity index (χ0) is 14.0. The monoisotopic (exact) mass is 273 g/mol. The van der Waals surface area contributed by atoms with Gasteiger partial charge in [0.25, 0.3) is 0 Å². The quantitative estimate of drug-likeness (QED) is 0.469. The third-order valence-corrected chi connectivity index (χ3v) is 3.59. The van der Waals surface area contributed by atoms with E-state index < -0.39 is 0 Å². The van der Waals surface area contributed by atoms with Crippen LogP contribution in [0.25, 0.3) is 0 Å². The van der Waals surface area contributed by atoms with Crippen molar-refractivity contribution >= 4 is 17.3 Å². The molecular formula is C12H20ClN3O2. The van der Waals surface area contributed by atoms with Gasteiger partial charge >= 0.3 is 5.69 Å². The van der Waals surface area contributed by atoms with Crippen LogP contribution in [0.3, 0.4) is 0 Å². The van der Waals surface area contributed by atoms with Gasteiger partial charge in [-0.3, -0.25) is 14.8 Å². The average molecular weight is 274 g/mol. The summed E-state index contributed by atoms with van der Waals surface area (Å²) in [4.78, 5) is 10.8. The summed E-state index contributed by atoms with van der Waals surface area (Å²) in [5, 5.41) is 15.3. The number of hydrogen-bond acceptors (Lipinski definition) is 3. The predicted molar refractivity (Wildman–Crippen MR) is 72.2 cm³/mol. The zero-order valence-electron chi connectivity index (χ0n) is 11.5. The molecule has 5 nitrogen and oxygen atoms in total. The maximum atomic E-state index is 11.1. The third kappa shape index (κ3) is 3.02. The molecule has 0 aromatic carbocycles. The van der Waals surface area contributed by atoms with Crippen LogP contribution in [0.5, 0.6) is 0 Å². The van der Waals surface area contributed by atoms with Crippen molar-refractivity contribution < 1.29 is 4.92 Å². The first-order valence-electron chi connectivity index (χ1n) is 6.12. The van der Waals surface area contributed by atoms with Gasteiger partial charge in [-0.05, 0) is 26.7 Å². The van der Waals surface area contributed by atoms with E-state index in [0.29, 0.717) is 17.8 Å². The molecule has 0 fully saturated rings. The molecule has 1 aromatic rings. The summed E-state index contributed by atoms with van der Waals surface area (Å²) < 4.78 is 1.71. The van der Waals surface area contributed by atoms with Gasteiger partial charge in [0.2, 0.25) is 0 Å². The second-order valence-electron chi connectivity index (χ2n) is 5.14. The molecule has 0 radical (unpaired) electrons. The van der Waals surface area contributed by atoms with Crippen LogP contribution < -0.4 is 0 Å². The molecule has 102 valence electrons. The van der Waals surface area contributed by atoms with Crippen molar-refractivity contribution in [2.24, 2.45) is 5.92 Å². The highest BCUT2D eigenvalue weighted by molar-refractivity contribution is 6.20. The lowest BCUT2D eigenvalue weighted by atomic mass is 10.0. The Balaban J connectivity index is 3.24. The first kappa shape index (κ1) is 15.0. The van der Waals surface area contributed by atoms with E-state index in [1.165, 1.54) is 0 Å². The van der Waals surface area contributed by atoms with Gasteiger partial charge in [-0.1, -0.05) is 13.8 Å². The summed E-state index contributed by atoms with van der Waals surface area (Å²) in [5.74, 6) is 0.266. The van der Waals surface area contributed by atoms with Crippen LogP contribution in [0, 0.1) is 23.0 Å². The minimum Gasteiger partial charge on any atom is -0.260 e. The van der Waals surface area contributed by atoms with E-state index in [-0.39, 0.29) is 27.9 Å². The molecule has 0 saturated heterocycles. The van der Waals surface area contributed by atoms with Crippen LogP contribution in [0.1, 0.15) is 45.1 Å². The summed E-state index contributed by atoms with van der Waals surface area (Å²) in [5.41, 5.74) is 1.19. The van der Waals surface area contributed by atoms with Crippen molar-refractivity contribution in [3.8, 4) is 0 Å². The van der Waals surface area contributed by atoms with E-state index in [4.69, 9.17) is 11.6 Å². The van der Waals surface area contributed by atoms with Crippen LogP contribution in [-0.4, -0.2) is 20.1 Å². The van der Waals surface area contributed by atoms with Gasteiger partial charge in [0.15, 0.2) is 0 Å². The Morgan fingerprint density at radius 3 is 2.33 bits per heavy atom. The number of hydrogen-bond donors (Lipinski definition) is 0. The van der Waals surface area contributed by atoms with Gasteiger partial charge in [-0.25, -0.2) is 0 Å². The number of nitrogens with zero attached hydrogens (tertiary/aromatic N) is 3. The molecule has 0 spiro atoms. The normalized spacial score (nSPS) is 13.3. The highest BCUT2D eigenvalue weighted by atomic mass is 35.5. The lowest BCUT2D eigenvalue weighted by Gasteiger charge is -2.15. The van der Waals surface area contributed by atoms with E-state index in [9.17, 15) is 10.1 Å². The minimum absolute atomic E-state index is 0.0865. The molecule has 0 amide bonds. The Labute approximate surface area is 112 Å². The number of aryl methyl sites for hydroxylation is 1. The summed E-state index contributed by atoms with van der Waals surface area (Å²) in [6.07, 6.45) is 0.467. The van der Waals surface area contributed by atoms with Crippen molar-refractivity contribution in [3.05, 3.63) is 21.5 Å². The van der Waals surface area contributed by atoms with Crippen LogP contribution in [0.15, 0.2) is 0 Å². The van der Waals surface area contributed by atoms with Crippen molar-refractivity contribution in [1.29, 1.82) is 0 Å². The van der Waals surface area contributed by atoms with Crippen molar-refractivity contribution in [2.75, 3.05) is 0 Å². The molecule has 1 unspecified atom stereocenters. The fourth-order valence-corrected chi connectivity index (χ4v) is 2.01. The third-order valence-electron chi connectivity index (χ3n) is 2.93. The number of nitro groups is 1. The smallest absolute Gasteiger partial charge is 0.260 e. The molecular weight excluding hydrogens is 254 g/mol. The lowest BCUT2D eigenvalue weighted by Crippen LogP contribution is -2.17. The Hall–Kier alpha value is -1.10. The van der Waals surface area contributed by atoms with Gasteiger partial charge < -0.3 is 0 Å². The molecule has 1 atom stereocenters. The highest BCUT2D eigenvalue weighted by Gasteiger charge is 2.28. The van der Waals surface area contributed by atoms with E-state index >= 15 is 0 Å². The molecule has 1 rings (SSSR count). The molecule has 1 aromatic heterocycles. The van der Waals surface area contributed by atoms with Crippen molar-refractivity contribution in [3.63, 3.8) is 0 Å². The van der Waals surface area contributed by atoms with E-state index in [2.05, 4.69) is 5.10 Å². The minimum atomic E-state index is -0.361. The summed E-state index contributed by atoms with van der Waals surface area (Å²) in [7, 11) is 0. The summed E-state index contributed by atoms with van der Waals surface area (Å²) >= 11 is 6.25. The molecule has 0 aliphatic carbocycles. The second-order valence-corrected chi connectivity index (χ2v) is 5.70. The fraction of sp³-hybridized carbons (Fsp3) is 0.750. The van der Waals surface area contributed by atoms with Crippen LogP contribution in [-0.2, 0) is 6.42 Å². The van der Waals surface area contributed by atoms with Gasteiger partial charge in [-0.2, -0.15) is 5.10 Å². The van der Waals surface area contributed by atoms with Gasteiger partial charge in [0, 0.05) is 17.8 Å². The average Bonchev–Trinajstić information content (AvgIpc) is 2.55. The van der Waals surface area contributed by atoms with E-state index in [1.54, 1.807) is 11.6 Å². The Kier molecular flexibility index (Phi) is 4.73. The molecule has 0 N–H and O–H groups in total. The van der Waals surface area contributed by atoms with Crippen molar-refractivity contribution in [2.45, 2.75) is 52.5 Å². The zero-order valence-corrected chi connectivity index (χ0v) is 12.2. The maximum absolute atomic E-state index is 11.1. The molecule has 6 heteroatoms. The largest absolute Gasteiger partial charge is 0.313 e. The first-order chi connectivity index (χ1) is 8.25. The van der Waals surface area contributed by atoms with E-state index in [1.807, 2.05) is 27.7 Å².